The fourth-order valence-electron chi connectivity index (χ4n) is 3.22. The molecule has 1 saturated carbocycles. The van der Waals surface area contributed by atoms with Gasteiger partial charge in [-0.1, -0.05) is 40.6 Å². The summed E-state index contributed by atoms with van der Waals surface area (Å²) < 4.78 is 5.38. The maximum Gasteiger partial charge on any atom is 0.122 e. The second kappa shape index (κ2) is 7.28. The predicted molar refractivity (Wildman–Crippen MR) is 86.5 cm³/mol. The van der Waals surface area contributed by atoms with Crippen molar-refractivity contribution in [2.75, 3.05) is 13.7 Å². The standard InChI is InChI=1S/C17H23BrO2/c1-12-15(11-18)4-3-5-16(12)13-6-7-17(20-2)14(10-13)8-9-19/h6-7,10-12,16,19H,3-5,8-9H2,1-2H3/b15-11+/t12-,16-/m0/s1. The first kappa shape index (κ1) is 15.6. The Labute approximate surface area is 130 Å². The minimum absolute atomic E-state index is 0.159. The second-order valence-electron chi connectivity index (χ2n) is 5.52. The molecule has 0 amide bonds. The second-order valence-corrected chi connectivity index (χ2v) is 5.97. The number of hydrogen-bond donors (Lipinski definition) is 1. The molecule has 0 aliphatic heterocycles. The van der Waals surface area contributed by atoms with Crippen molar-refractivity contribution < 1.29 is 9.84 Å². The van der Waals surface area contributed by atoms with Crippen LogP contribution in [0.25, 0.3) is 0 Å². The number of ether oxygens (including phenoxy) is 1. The van der Waals surface area contributed by atoms with Crippen LogP contribution in [0.5, 0.6) is 5.75 Å². The highest BCUT2D eigenvalue weighted by Gasteiger charge is 2.26. The summed E-state index contributed by atoms with van der Waals surface area (Å²) in [6, 6.07) is 6.44. The zero-order chi connectivity index (χ0) is 14.5. The molecule has 1 N–H and O–H groups in total. The first-order chi connectivity index (χ1) is 9.71. The smallest absolute Gasteiger partial charge is 0.122 e. The Balaban J connectivity index is 2.30. The van der Waals surface area contributed by atoms with Crippen molar-refractivity contribution >= 4 is 15.9 Å². The van der Waals surface area contributed by atoms with Crippen LogP contribution in [0.1, 0.15) is 43.2 Å². The average molecular weight is 339 g/mol. The Hall–Kier alpha value is -0.800. The van der Waals surface area contributed by atoms with Gasteiger partial charge in [-0.3, -0.25) is 0 Å². The molecule has 1 aliphatic rings. The Bertz CT molecular complexity index is 482. The molecular weight excluding hydrogens is 316 g/mol. The van der Waals surface area contributed by atoms with Crippen molar-refractivity contribution in [2.45, 2.75) is 38.5 Å². The van der Waals surface area contributed by atoms with Crippen LogP contribution in [0.15, 0.2) is 28.8 Å². The molecule has 0 bridgehead atoms. The predicted octanol–water partition coefficient (Wildman–Crippen LogP) is 4.41. The Morgan fingerprint density at radius 2 is 2.25 bits per heavy atom. The first-order valence-electron chi connectivity index (χ1n) is 7.28. The largest absolute Gasteiger partial charge is 0.496 e. The SMILES string of the molecule is COc1ccc([C@H]2CCC/C(=C\Br)[C@@H]2C)cc1CCO. The summed E-state index contributed by atoms with van der Waals surface area (Å²) in [5.41, 5.74) is 3.98. The first-order valence-corrected chi connectivity index (χ1v) is 8.19. The number of rotatable bonds is 4. The van der Waals surface area contributed by atoms with Crippen LogP contribution >= 0.6 is 15.9 Å². The van der Waals surface area contributed by atoms with Gasteiger partial charge in [-0.05, 0) is 59.7 Å². The molecule has 0 spiro atoms. The Morgan fingerprint density at radius 3 is 2.90 bits per heavy atom. The molecule has 1 aromatic carbocycles. The molecule has 1 aromatic rings. The topological polar surface area (TPSA) is 29.5 Å². The minimum Gasteiger partial charge on any atom is -0.496 e. The third-order valence-electron chi connectivity index (χ3n) is 4.42. The van der Waals surface area contributed by atoms with E-state index in [2.05, 4.69) is 40.0 Å². The van der Waals surface area contributed by atoms with Crippen LogP contribution < -0.4 is 4.74 Å². The van der Waals surface area contributed by atoms with E-state index in [0.29, 0.717) is 18.3 Å². The molecule has 1 fully saturated rings. The summed E-state index contributed by atoms with van der Waals surface area (Å²) in [5.74, 6) is 2.01. The van der Waals surface area contributed by atoms with E-state index in [4.69, 9.17) is 4.74 Å². The average Bonchev–Trinajstić information content (AvgIpc) is 2.48. The van der Waals surface area contributed by atoms with Crippen LogP contribution in [0.3, 0.4) is 0 Å². The lowest BCUT2D eigenvalue weighted by molar-refractivity contribution is 0.296. The summed E-state index contributed by atoms with van der Waals surface area (Å²) in [6.07, 6.45) is 4.33. The molecule has 2 atom stereocenters. The van der Waals surface area contributed by atoms with Gasteiger partial charge < -0.3 is 9.84 Å². The van der Waals surface area contributed by atoms with Gasteiger partial charge in [0, 0.05) is 6.61 Å². The molecule has 20 heavy (non-hydrogen) atoms. The highest BCUT2D eigenvalue weighted by molar-refractivity contribution is 9.11. The third-order valence-corrected chi connectivity index (χ3v) is 5.01. The van der Waals surface area contributed by atoms with E-state index in [1.807, 2.05) is 6.07 Å². The lowest BCUT2D eigenvalue weighted by Crippen LogP contribution is -2.17. The number of methoxy groups -OCH3 is 1. The highest BCUT2D eigenvalue weighted by atomic mass is 79.9. The number of hydrogen-bond acceptors (Lipinski definition) is 2. The van der Waals surface area contributed by atoms with Gasteiger partial charge in [0.2, 0.25) is 0 Å². The molecule has 3 heteroatoms. The summed E-state index contributed by atoms with van der Waals surface area (Å²) in [6.45, 7) is 2.47. The van der Waals surface area contributed by atoms with Crippen LogP contribution in [0.4, 0.5) is 0 Å². The summed E-state index contributed by atoms with van der Waals surface area (Å²) in [7, 11) is 1.69. The van der Waals surface area contributed by atoms with Crippen molar-refractivity contribution in [1.82, 2.24) is 0 Å². The van der Waals surface area contributed by atoms with E-state index < -0.39 is 0 Å². The van der Waals surface area contributed by atoms with Crippen molar-refractivity contribution in [3.05, 3.63) is 39.9 Å². The molecule has 2 rings (SSSR count). The lowest BCUT2D eigenvalue weighted by atomic mass is 9.74. The molecule has 0 heterocycles. The molecule has 0 saturated heterocycles. The van der Waals surface area contributed by atoms with E-state index in [9.17, 15) is 5.11 Å². The quantitative estimate of drug-likeness (QED) is 0.880. The van der Waals surface area contributed by atoms with E-state index in [1.165, 1.54) is 30.4 Å². The van der Waals surface area contributed by atoms with Crippen molar-refractivity contribution in [3.63, 3.8) is 0 Å². The van der Waals surface area contributed by atoms with Crippen LogP contribution in [0, 0.1) is 5.92 Å². The minimum atomic E-state index is 0.159. The van der Waals surface area contributed by atoms with Gasteiger partial charge in [0.15, 0.2) is 0 Å². The van der Waals surface area contributed by atoms with Crippen molar-refractivity contribution in [1.29, 1.82) is 0 Å². The number of aliphatic hydroxyl groups excluding tert-OH is 1. The summed E-state index contributed by atoms with van der Waals surface area (Å²) >= 11 is 3.50. The Kier molecular flexibility index (Phi) is 5.67. The van der Waals surface area contributed by atoms with Gasteiger partial charge in [-0.2, -0.15) is 0 Å². The molecule has 2 nitrogen and oxygen atoms in total. The van der Waals surface area contributed by atoms with E-state index in [1.54, 1.807) is 7.11 Å². The third kappa shape index (κ3) is 3.26. The van der Waals surface area contributed by atoms with Gasteiger partial charge in [0.25, 0.3) is 0 Å². The van der Waals surface area contributed by atoms with Gasteiger partial charge in [-0.25, -0.2) is 0 Å². The number of aliphatic hydroxyl groups is 1. The number of allylic oxidation sites excluding steroid dienone is 1. The van der Waals surface area contributed by atoms with E-state index in [0.717, 1.165) is 11.3 Å². The highest BCUT2D eigenvalue weighted by Crippen LogP contribution is 2.42. The number of benzene rings is 1. The fourth-order valence-corrected chi connectivity index (χ4v) is 3.86. The summed E-state index contributed by atoms with van der Waals surface area (Å²) in [5, 5.41) is 9.20. The maximum absolute atomic E-state index is 9.20. The van der Waals surface area contributed by atoms with Crippen LogP contribution in [-0.2, 0) is 6.42 Å². The molecule has 110 valence electrons. The van der Waals surface area contributed by atoms with E-state index in [-0.39, 0.29) is 6.61 Å². The van der Waals surface area contributed by atoms with E-state index >= 15 is 0 Å². The maximum atomic E-state index is 9.20. The molecule has 0 unspecified atom stereocenters. The molecule has 0 radical (unpaired) electrons. The van der Waals surface area contributed by atoms with Crippen LogP contribution in [0.2, 0.25) is 0 Å². The lowest BCUT2D eigenvalue weighted by Gasteiger charge is -2.32. The molecule has 0 aromatic heterocycles. The normalized spacial score (nSPS) is 24.9. The molecule has 1 aliphatic carbocycles. The zero-order valence-electron chi connectivity index (χ0n) is 12.2. The monoisotopic (exact) mass is 338 g/mol. The summed E-state index contributed by atoms with van der Waals surface area (Å²) in [4.78, 5) is 2.10. The van der Waals surface area contributed by atoms with Gasteiger partial charge in [0.1, 0.15) is 5.75 Å². The molecular formula is C17H23BrO2. The Morgan fingerprint density at radius 1 is 1.45 bits per heavy atom. The van der Waals surface area contributed by atoms with Crippen molar-refractivity contribution in [2.24, 2.45) is 5.92 Å². The van der Waals surface area contributed by atoms with Crippen LogP contribution in [-0.4, -0.2) is 18.8 Å². The fraction of sp³-hybridized carbons (Fsp3) is 0.529. The van der Waals surface area contributed by atoms with Gasteiger partial charge in [-0.15, -0.1) is 0 Å². The van der Waals surface area contributed by atoms with Gasteiger partial charge >= 0.3 is 0 Å². The van der Waals surface area contributed by atoms with Gasteiger partial charge in [0.05, 0.1) is 7.11 Å². The van der Waals surface area contributed by atoms with Crippen molar-refractivity contribution in [3.8, 4) is 5.75 Å². The zero-order valence-corrected chi connectivity index (χ0v) is 13.8. The number of halogens is 1.